The van der Waals surface area contributed by atoms with E-state index in [1.807, 2.05) is 85.1 Å². The second-order valence-electron chi connectivity index (χ2n) is 16.8. The highest BCUT2D eigenvalue weighted by atomic mass is 16.2. The maximum atomic E-state index is 14.7. The van der Waals surface area contributed by atoms with Gasteiger partial charge in [-0.1, -0.05) is 66.7 Å². The van der Waals surface area contributed by atoms with Gasteiger partial charge < -0.3 is 53.0 Å². The van der Waals surface area contributed by atoms with Crippen LogP contribution in [0.5, 0.6) is 0 Å². The number of amides is 5. The Morgan fingerprint density at radius 2 is 1.40 bits per heavy atom. The van der Waals surface area contributed by atoms with E-state index in [0.717, 1.165) is 38.5 Å². The number of primary amides is 1. The fraction of sp³-hybridized carbons (Fsp3) is 0.354. The Balaban J connectivity index is 1.13. The highest BCUT2D eigenvalue weighted by Gasteiger charge is 2.42. The van der Waals surface area contributed by atoms with Gasteiger partial charge in [0.1, 0.15) is 24.2 Å². The van der Waals surface area contributed by atoms with Crippen LogP contribution < -0.4 is 33.2 Å². The number of rotatable bonds is 23. The molecule has 0 spiro atoms. The molecule has 5 amide bonds. The predicted molar refractivity (Wildman–Crippen MR) is 246 cm³/mol. The molecule has 0 radical (unpaired) electrons. The van der Waals surface area contributed by atoms with Gasteiger partial charge in [-0.25, -0.2) is 4.98 Å². The highest BCUT2D eigenvalue weighted by Crippen LogP contribution is 2.26. The molecule has 0 bridgehead atoms. The second-order valence-corrected chi connectivity index (χ2v) is 16.8. The van der Waals surface area contributed by atoms with E-state index in [0.29, 0.717) is 25.1 Å². The van der Waals surface area contributed by atoms with Crippen molar-refractivity contribution in [3.63, 3.8) is 0 Å². The number of hydrogen-bond donors (Lipinski definition) is 9. The molecule has 1 saturated heterocycles. The van der Waals surface area contributed by atoms with Crippen LogP contribution in [0.3, 0.4) is 0 Å². The lowest BCUT2D eigenvalue weighted by Gasteiger charge is -2.30. The third-order valence-electron chi connectivity index (χ3n) is 12.2. The summed E-state index contributed by atoms with van der Waals surface area (Å²) in [5, 5.41) is 10.4. The van der Waals surface area contributed by atoms with E-state index in [2.05, 4.69) is 35.9 Å². The molecule has 1 fully saturated rings. The molecule has 6 aromatic rings. The zero-order chi connectivity index (χ0) is 45.9. The topological polar surface area (TPSA) is 280 Å². The molecule has 0 unspecified atom stereocenters. The van der Waals surface area contributed by atoms with Crippen LogP contribution in [0.15, 0.2) is 104 Å². The molecule has 7 rings (SSSR count). The summed E-state index contributed by atoms with van der Waals surface area (Å²) >= 11 is 0. The molecule has 0 saturated carbocycles. The number of benzene rings is 3. The molecule has 340 valence electrons. The van der Waals surface area contributed by atoms with Crippen molar-refractivity contribution in [2.45, 2.75) is 88.0 Å². The minimum atomic E-state index is -1.15. The Labute approximate surface area is 376 Å². The van der Waals surface area contributed by atoms with Gasteiger partial charge in [-0.15, -0.1) is 0 Å². The second kappa shape index (κ2) is 21.5. The maximum Gasteiger partial charge on any atom is 0.245 e. The number of aromatic amines is 3. The molecule has 6 atom stereocenters. The van der Waals surface area contributed by atoms with Crippen LogP contribution in [0.4, 0.5) is 0 Å². The number of aromatic nitrogens is 4. The van der Waals surface area contributed by atoms with Crippen LogP contribution in [0.25, 0.3) is 21.8 Å². The van der Waals surface area contributed by atoms with Crippen molar-refractivity contribution in [1.29, 1.82) is 0 Å². The average molecular weight is 884 g/mol. The summed E-state index contributed by atoms with van der Waals surface area (Å²) in [7, 11) is 0. The largest absolute Gasteiger partial charge is 0.368 e. The van der Waals surface area contributed by atoms with E-state index < -0.39 is 65.7 Å². The Morgan fingerprint density at radius 1 is 0.754 bits per heavy atom. The molecular formula is C48H57N11O6. The SMILES string of the molecule is NCCCC[C@H](NC(=O)[C@H](Cc1ccccc1)NC(=O)[C@H](Cc1c[nH]c2ccccc12)N1CC[C@@H](NC(=O)[C@H](CC(=O)[C@@H](N)Cc2cnc[nH]2)Cc2c[nH]c3ccccc23)C1=O)C(N)=O. The zero-order valence-corrected chi connectivity index (χ0v) is 36.1. The Bertz CT molecular complexity index is 2590. The van der Waals surface area contributed by atoms with Crippen molar-refractivity contribution in [1.82, 2.24) is 40.8 Å². The fourth-order valence-corrected chi connectivity index (χ4v) is 8.63. The Hall–Kier alpha value is -7.11. The van der Waals surface area contributed by atoms with Crippen molar-refractivity contribution in [3.8, 4) is 0 Å². The van der Waals surface area contributed by atoms with Gasteiger partial charge in [0.2, 0.25) is 29.5 Å². The summed E-state index contributed by atoms with van der Waals surface area (Å²) in [4.78, 5) is 98.6. The van der Waals surface area contributed by atoms with E-state index in [-0.39, 0.29) is 57.3 Å². The van der Waals surface area contributed by atoms with Gasteiger partial charge in [0.05, 0.1) is 12.4 Å². The highest BCUT2D eigenvalue weighted by molar-refractivity contribution is 5.98. The molecular weight excluding hydrogens is 827 g/mol. The summed E-state index contributed by atoms with van der Waals surface area (Å²) in [5.41, 5.74) is 22.5. The van der Waals surface area contributed by atoms with Gasteiger partial charge >= 0.3 is 0 Å². The minimum absolute atomic E-state index is 0.0802. The number of para-hydroxylation sites is 2. The van der Waals surface area contributed by atoms with Crippen LogP contribution in [-0.2, 0) is 54.5 Å². The van der Waals surface area contributed by atoms with Gasteiger partial charge in [-0.05, 0) is 67.5 Å². The fourth-order valence-electron chi connectivity index (χ4n) is 8.63. The first-order valence-electron chi connectivity index (χ1n) is 22.1. The van der Waals surface area contributed by atoms with E-state index in [9.17, 15) is 28.8 Å². The monoisotopic (exact) mass is 883 g/mol. The number of Topliss-reactive ketones (excluding diaryl/α,β-unsaturated/α-hetero) is 1. The molecule has 17 heteroatoms. The molecule has 3 aromatic heterocycles. The van der Waals surface area contributed by atoms with Gasteiger partial charge in [0, 0.05) is 84.2 Å². The van der Waals surface area contributed by atoms with Crippen molar-refractivity contribution in [2.75, 3.05) is 13.1 Å². The van der Waals surface area contributed by atoms with Crippen LogP contribution >= 0.6 is 0 Å². The quantitative estimate of drug-likeness (QED) is 0.0426. The van der Waals surface area contributed by atoms with E-state index in [1.165, 1.54) is 11.2 Å². The molecule has 0 aliphatic carbocycles. The van der Waals surface area contributed by atoms with Crippen LogP contribution in [-0.4, -0.2) is 103 Å². The summed E-state index contributed by atoms with van der Waals surface area (Å²) in [6.07, 6.45) is 8.76. The van der Waals surface area contributed by atoms with Gasteiger partial charge in [0.25, 0.3) is 0 Å². The van der Waals surface area contributed by atoms with Crippen LogP contribution in [0.2, 0.25) is 0 Å². The van der Waals surface area contributed by atoms with Crippen LogP contribution in [0.1, 0.15) is 54.5 Å². The summed E-state index contributed by atoms with van der Waals surface area (Å²) in [6, 6.07) is 19.2. The minimum Gasteiger partial charge on any atom is -0.368 e. The van der Waals surface area contributed by atoms with E-state index in [1.54, 1.807) is 12.4 Å². The summed E-state index contributed by atoms with van der Waals surface area (Å²) in [6.45, 7) is 0.530. The molecule has 4 heterocycles. The number of likely N-dealkylation sites (tertiary alicyclic amines) is 1. The number of hydrogen-bond acceptors (Lipinski definition) is 9. The Morgan fingerprint density at radius 3 is 2.05 bits per heavy atom. The third kappa shape index (κ3) is 11.5. The first-order valence-corrected chi connectivity index (χ1v) is 22.1. The summed E-state index contributed by atoms with van der Waals surface area (Å²) in [5.74, 6) is -4.09. The van der Waals surface area contributed by atoms with Crippen molar-refractivity contribution in [3.05, 3.63) is 126 Å². The number of carbonyl (C=O) groups excluding carboxylic acids is 6. The standard InChI is InChI=1S/C48H57N11O6/c49-18-9-8-16-39(44(51)61)56-46(63)41(20-29-10-2-1-3-11-29)58-47(64)42(22-32-26-54-38-15-7-5-13-35(32)38)59-19-17-40(48(59)65)57-45(62)30(21-31-25-53-37-14-6-4-12-34(31)37)23-43(60)36(50)24-33-27-52-28-55-33/h1-7,10-15,25-28,30,36,39-42,53-54H,8-9,16-24,49-50H2,(H2,51,61)(H,52,55)(H,56,63)(H,57,62)(H,58,64)/t30-,36-,39-,40+,41-,42-/m0/s1. The van der Waals surface area contributed by atoms with Crippen molar-refractivity contribution in [2.24, 2.45) is 23.1 Å². The van der Waals surface area contributed by atoms with Gasteiger partial charge in [0.15, 0.2) is 5.78 Å². The van der Waals surface area contributed by atoms with E-state index in [4.69, 9.17) is 17.2 Å². The maximum absolute atomic E-state index is 14.7. The van der Waals surface area contributed by atoms with Gasteiger partial charge in [-0.2, -0.15) is 0 Å². The lowest BCUT2D eigenvalue weighted by Crippen LogP contribution is -2.58. The molecule has 1 aliphatic heterocycles. The van der Waals surface area contributed by atoms with Crippen molar-refractivity contribution < 1.29 is 28.8 Å². The number of nitrogens with one attached hydrogen (secondary N) is 6. The number of fused-ring (bicyclic) bond motifs is 2. The number of carbonyl (C=O) groups is 6. The average Bonchev–Trinajstić information content (AvgIpc) is 4.13. The smallest absolute Gasteiger partial charge is 0.245 e. The zero-order valence-electron chi connectivity index (χ0n) is 36.1. The van der Waals surface area contributed by atoms with Gasteiger partial charge in [-0.3, -0.25) is 28.8 Å². The normalized spacial score (nSPS) is 16.2. The molecule has 65 heavy (non-hydrogen) atoms. The predicted octanol–water partition coefficient (Wildman–Crippen LogP) is 2.22. The van der Waals surface area contributed by atoms with Crippen LogP contribution in [0, 0.1) is 5.92 Å². The number of unbranched alkanes of at least 4 members (excludes halogenated alkanes) is 1. The number of H-pyrrole nitrogens is 3. The number of ketones is 1. The van der Waals surface area contributed by atoms with Crippen molar-refractivity contribution >= 4 is 57.1 Å². The first kappa shape index (κ1) is 45.9. The lowest BCUT2D eigenvalue weighted by atomic mass is 9.90. The summed E-state index contributed by atoms with van der Waals surface area (Å²) < 4.78 is 0. The Kier molecular flexibility index (Phi) is 15.2. The third-order valence-corrected chi connectivity index (χ3v) is 12.2. The molecule has 3 aromatic carbocycles. The lowest BCUT2D eigenvalue weighted by molar-refractivity contribution is -0.141. The number of imidazole rings is 1. The number of nitrogens with two attached hydrogens (primary N) is 3. The number of nitrogens with zero attached hydrogens (tertiary/aromatic N) is 2. The molecule has 1 aliphatic rings. The molecule has 17 nitrogen and oxygen atoms in total. The molecule has 12 N–H and O–H groups in total. The first-order chi connectivity index (χ1) is 31.5. The van der Waals surface area contributed by atoms with E-state index >= 15 is 0 Å².